The van der Waals surface area contributed by atoms with Crippen molar-refractivity contribution in [3.05, 3.63) is 178 Å². The van der Waals surface area contributed by atoms with Gasteiger partial charge in [-0.15, -0.1) is 0 Å². The lowest BCUT2D eigenvalue weighted by atomic mass is 10.1. The van der Waals surface area contributed by atoms with Crippen molar-refractivity contribution in [3.8, 4) is 23.3 Å². The van der Waals surface area contributed by atoms with E-state index in [4.69, 9.17) is 14.6 Å². The average Bonchev–Trinajstić information content (AvgIpc) is 3.23. The number of hydrogen-bond donors (Lipinski definition) is 3. The smallest absolute Gasteiger partial charge is 0.337 e. The van der Waals surface area contributed by atoms with Gasteiger partial charge in [-0.1, -0.05) is 24.3 Å². The molecule has 0 fully saturated rings. The number of rotatable bonds is 12. The standard InChI is InChI=1S/C22H18F2N2O4.C21H16F2N2O4/c1-13(14-3-5-15(6-4-14)22(28)29-2)26-20(27)19-11-17(24)12-25-21(19)30-18-9-7-16(23)8-10-18;1-12(13-2-4-14(5-3-13)21(27)28)25-19(26)18-10-16(23)11-24-20(18)29-17-8-6-15(22)7-9-17/h3-13H,1-2H3,(H,26,27);2-12H,1H3,(H,25,26)(H,27,28). The highest BCUT2D eigenvalue weighted by atomic mass is 19.1. The van der Waals surface area contributed by atoms with Crippen LogP contribution in [0.1, 0.15) is 78.5 Å². The van der Waals surface area contributed by atoms with Gasteiger partial charge in [-0.25, -0.2) is 37.1 Å². The first-order chi connectivity index (χ1) is 28.2. The Balaban J connectivity index is 0.000000224. The second-order valence-corrected chi connectivity index (χ2v) is 12.6. The van der Waals surface area contributed by atoms with Gasteiger partial charge in [-0.05, 0) is 110 Å². The Kier molecular flexibility index (Phi) is 14.1. The van der Waals surface area contributed by atoms with Gasteiger partial charge in [0, 0.05) is 0 Å². The Morgan fingerprint density at radius 2 is 0.932 bits per heavy atom. The topological polar surface area (TPSA) is 166 Å². The summed E-state index contributed by atoms with van der Waals surface area (Å²) in [6.45, 7) is 3.43. The number of esters is 1. The number of amides is 2. The molecule has 0 aliphatic rings. The molecular weight excluding hydrogens is 776 g/mol. The van der Waals surface area contributed by atoms with Crippen LogP contribution in [-0.2, 0) is 4.74 Å². The molecule has 0 bridgehead atoms. The van der Waals surface area contributed by atoms with Crippen LogP contribution in [0.25, 0.3) is 0 Å². The molecule has 2 aromatic heterocycles. The van der Waals surface area contributed by atoms with E-state index < -0.39 is 59.1 Å². The second kappa shape index (κ2) is 19.5. The number of halogens is 4. The van der Waals surface area contributed by atoms with E-state index in [1.807, 2.05) is 0 Å². The summed E-state index contributed by atoms with van der Waals surface area (Å²) in [4.78, 5) is 55.5. The summed E-state index contributed by atoms with van der Waals surface area (Å²) >= 11 is 0. The summed E-state index contributed by atoms with van der Waals surface area (Å²) in [5.74, 6) is -4.86. The minimum atomic E-state index is -1.05. The van der Waals surface area contributed by atoms with E-state index in [0.717, 1.165) is 30.1 Å². The Labute approximate surface area is 334 Å². The number of benzene rings is 4. The monoisotopic (exact) mass is 810 g/mol. The van der Waals surface area contributed by atoms with Gasteiger partial charge >= 0.3 is 11.9 Å². The molecule has 0 aliphatic carbocycles. The van der Waals surface area contributed by atoms with Crippen LogP contribution >= 0.6 is 0 Å². The van der Waals surface area contributed by atoms with Crippen LogP contribution in [-0.4, -0.2) is 45.9 Å². The predicted octanol–water partition coefficient (Wildman–Crippen LogP) is 8.77. The van der Waals surface area contributed by atoms with Crippen molar-refractivity contribution in [2.45, 2.75) is 25.9 Å². The minimum Gasteiger partial charge on any atom is -0.478 e. The Hall–Kier alpha value is -7.62. The number of carbonyl (C=O) groups is 4. The number of aromatic carboxylic acids is 1. The number of pyridine rings is 2. The van der Waals surface area contributed by atoms with Crippen molar-refractivity contribution in [2.24, 2.45) is 0 Å². The first kappa shape index (κ1) is 42.5. The van der Waals surface area contributed by atoms with Crippen LogP contribution in [0.15, 0.2) is 122 Å². The van der Waals surface area contributed by atoms with Crippen LogP contribution in [0.3, 0.4) is 0 Å². The lowest BCUT2D eigenvalue weighted by Crippen LogP contribution is -2.27. The highest BCUT2D eigenvalue weighted by Gasteiger charge is 2.21. The number of nitrogens with one attached hydrogen (secondary N) is 2. The van der Waals surface area contributed by atoms with E-state index >= 15 is 0 Å². The predicted molar refractivity (Wildman–Crippen MR) is 204 cm³/mol. The zero-order chi connectivity index (χ0) is 42.6. The van der Waals surface area contributed by atoms with Gasteiger partial charge in [0.25, 0.3) is 11.8 Å². The molecule has 4 aromatic carbocycles. The van der Waals surface area contributed by atoms with Crippen LogP contribution in [0.4, 0.5) is 17.6 Å². The largest absolute Gasteiger partial charge is 0.478 e. The maximum Gasteiger partial charge on any atom is 0.337 e. The molecule has 6 rings (SSSR count). The molecule has 16 heteroatoms. The lowest BCUT2D eigenvalue weighted by molar-refractivity contribution is 0.0599. The van der Waals surface area contributed by atoms with Crippen LogP contribution in [0.5, 0.6) is 23.3 Å². The Morgan fingerprint density at radius 3 is 1.29 bits per heavy atom. The molecule has 2 heterocycles. The molecule has 59 heavy (non-hydrogen) atoms. The SMILES string of the molecule is CC(NC(=O)c1cc(F)cnc1Oc1ccc(F)cc1)c1ccc(C(=O)O)cc1.COC(=O)c1ccc(C(C)NC(=O)c2cc(F)cnc2Oc2ccc(F)cc2)cc1. The fourth-order valence-electron chi connectivity index (χ4n) is 5.23. The number of ether oxygens (including phenoxy) is 3. The van der Waals surface area contributed by atoms with Crippen molar-refractivity contribution in [1.82, 2.24) is 20.6 Å². The van der Waals surface area contributed by atoms with Gasteiger partial charge in [0.15, 0.2) is 0 Å². The summed E-state index contributed by atoms with van der Waals surface area (Å²) in [5.41, 5.74) is 1.64. The van der Waals surface area contributed by atoms with Crippen molar-refractivity contribution in [3.63, 3.8) is 0 Å². The van der Waals surface area contributed by atoms with Gasteiger partial charge in [0.2, 0.25) is 11.8 Å². The molecular formula is C43H34F4N4O8. The second-order valence-electron chi connectivity index (χ2n) is 12.6. The van der Waals surface area contributed by atoms with Crippen LogP contribution in [0, 0.1) is 23.3 Å². The molecule has 302 valence electrons. The fraction of sp³-hybridized carbons (Fsp3) is 0.116. The summed E-state index contributed by atoms with van der Waals surface area (Å²) < 4.78 is 69.2. The summed E-state index contributed by atoms with van der Waals surface area (Å²) in [5, 5.41) is 14.4. The molecule has 2 amide bonds. The summed E-state index contributed by atoms with van der Waals surface area (Å²) in [6.07, 6.45) is 1.83. The third-order valence-electron chi connectivity index (χ3n) is 8.37. The van der Waals surface area contributed by atoms with Gasteiger partial charge in [0.05, 0.1) is 42.7 Å². The van der Waals surface area contributed by atoms with E-state index in [9.17, 15) is 36.7 Å². The summed E-state index contributed by atoms with van der Waals surface area (Å²) in [6, 6.07) is 23.8. The van der Waals surface area contributed by atoms with Gasteiger partial charge in [0.1, 0.15) is 45.9 Å². The number of nitrogens with zero attached hydrogens (tertiary/aromatic N) is 2. The zero-order valence-corrected chi connectivity index (χ0v) is 31.4. The van der Waals surface area contributed by atoms with E-state index in [1.165, 1.54) is 67.8 Å². The number of methoxy groups -OCH3 is 1. The molecule has 0 radical (unpaired) electrons. The summed E-state index contributed by atoms with van der Waals surface area (Å²) in [7, 11) is 1.29. The molecule has 12 nitrogen and oxygen atoms in total. The highest BCUT2D eigenvalue weighted by molar-refractivity contribution is 5.97. The maximum atomic E-state index is 13.7. The maximum absolute atomic E-state index is 13.7. The van der Waals surface area contributed by atoms with Crippen LogP contribution < -0.4 is 20.1 Å². The number of aromatic nitrogens is 2. The van der Waals surface area contributed by atoms with Crippen molar-refractivity contribution in [1.29, 1.82) is 0 Å². The highest BCUT2D eigenvalue weighted by Crippen LogP contribution is 2.27. The van der Waals surface area contributed by atoms with E-state index in [2.05, 4.69) is 25.3 Å². The third-order valence-corrected chi connectivity index (χ3v) is 8.37. The minimum absolute atomic E-state index is 0.114. The molecule has 6 aromatic rings. The molecule has 0 saturated heterocycles. The number of carbonyl (C=O) groups excluding carboxylic acids is 3. The van der Waals surface area contributed by atoms with E-state index in [-0.39, 0.29) is 39.9 Å². The molecule has 3 N–H and O–H groups in total. The first-order valence-corrected chi connectivity index (χ1v) is 17.5. The molecule has 2 unspecified atom stereocenters. The van der Waals surface area contributed by atoms with Crippen LogP contribution in [0.2, 0.25) is 0 Å². The molecule has 0 saturated carbocycles. The molecule has 0 spiro atoms. The quantitative estimate of drug-likeness (QED) is 0.0804. The van der Waals surface area contributed by atoms with Gasteiger partial charge in [-0.2, -0.15) is 0 Å². The first-order valence-electron chi connectivity index (χ1n) is 17.5. The number of carboxylic acid groups (broad SMARTS) is 1. The lowest BCUT2D eigenvalue weighted by Gasteiger charge is -2.16. The fourth-order valence-corrected chi connectivity index (χ4v) is 5.23. The van der Waals surface area contributed by atoms with Crippen molar-refractivity contribution >= 4 is 23.8 Å². The van der Waals surface area contributed by atoms with Gasteiger partial charge in [-0.3, -0.25) is 9.59 Å². The Bertz CT molecular complexity index is 2430. The zero-order valence-electron chi connectivity index (χ0n) is 31.4. The number of hydrogen-bond acceptors (Lipinski definition) is 9. The average molecular weight is 811 g/mol. The van der Waals surface area contributed by atoms with Crippen molar-refractivity contribution in [2.75, 3.05) is 7.11 Å². The third kappa shape index (κ3) is 11.7. The van der Waals surface area contributed by atoms with Gasteiger partial charge < -0.3 is 30.0 Å². The van der Waals surface area contributed by atoms with E-state index in [1.54, 1.807) is 50.2 Å². The molecule has 2 atom stereocenters. The van der Waals surface area contributed by atoms with E-state index in [0.29, 0.717) is 11.1 Å². The Morgan fingerprint density at radius 1 is 0.559 bits per heavy atom. The van der Waals surface area contributed by atoms with Crippen molar-refractivity contribution < 1.29 is 56.1 Å². The molecule has 0 aliphatic heterocycles. The number of carboxylic acids is 1. The normalized spacial score (nSPS) is 11.5.